The summed E-state index contributed by atoms with van der Waals surface area (Å²) < 4.78 is 0. The molecular weight excluding hydrogens is 236 g/mol. The second kappa shape index (κ2) is 4.60. The number of rotatable bonds is 2. The van der Waals surface area contributed by atoms with Gasteiger partial charge in [0.05, 0.1) is 0 Å². The summed E-state index contributed by atoms with van der Waals surface area (Å²) in [5.74, 6) is 0.749. The van der Waals surface area contributed by atoms with Crippen molar-refractivity contribution in [2.45, 2.75) is 38.3 Å². The van der Waals surface area contributed by atoms with Crippen LogP contribution in [0.3, 0.4) is 0 Å². The largest absolute Gasteiger partial charge is 0.299 e. The van der Waals surface area contributed by atoms with Crippen molar-refractivity contribution in [1.82, 2.24) is 15.2 Å². The molecule has 0 bridgehead atoms. The number of aliphatic imine (C=N–C) groups is 1. The Morgan fingerprint density at radius 1 is 1.41 bits per heavy atom. The summed E-state index contributed by atoms with van der Waals surface area (Å²) in [6.07, 6.45) is 3.83. The molecule has 1 aromatic heterocycles. The van der Waals surface area contributed by atoms with E-state index >= 15 is 0 Å². The van der Waals surface area contributed by atoms with Crippen LogP contribution >= 0.6 is 11.8 Å². The summed E-state index contributed by atoms with van der Waals surface area (Å²) in [5, 5.41) is 7.43. The standard InChI is InChI=1S/C11H16N4OS/c1-11(2)5-7(4-8(16)6-11)12-9-13-10(17-3)15-14-9/h4-6H2,1-3H3,(H,13,14,15)/b12-7-. The summed E-state index contributed by atoms with van der Waals surface area (Å²) in [4.78, 5) is 20.2. The summed E-state index contributed by atoms with van der Waals surface area (Å²) in [6.45, 7) is 4.18. The summed E-state index contributed by atoms with van der Waals surface area (Å²) >= 11 is 1.46. The van der Waals surface area contributed by atoms with Gasteiger partial charge in [-0.3, -0.25) is 4.79 Å². The average Bonchev–Trinajstić information content (AvgIpc) is 2.62. The highest BCUT2D eigenvalue weighted by atomic mass is 32.2. The lowest BCUT2D eigenvalue weighted by molar-refractivity contribution is -0.120. The van der Waals surface area contributed by atoms with Crippen molar-refractivity contribution < 1.29 is 4.79 Å². The van der Waals surface area contributed by atoms with Gasteiger partial charge in [-0.15, -0.1) is 5.10 Å². The first kappa shape index (κ1) is 12.3. The zero-order valence-corrected chi connectivity index (χ0v) is 11.1. The fourth-order valence-electron chi connectivity index (χ4n) is 2.11. The molecule has 0 radical (unpaired) electrons. The Morgan fingerprint density at radius 2 is 2.18 bits per heavy atom. The molecule has 1 aliphatic carbocycles. The number of H-pyrrole nitrogens is 1. The topological polar surface area (TPSA) is 71.0 Å². The molecule has 0 saturated heterocycles. The molecule has 0 unspecified atom stereocenters. The minimum atomic E-state index is 0.0104. The first-order valence-corrected chi connectivity index (χ1v) is 6.75. The lowest BCUT2D eigenvalue weighted by atomic mass is 9.76. The SMILES string of the molecule is CSc1n[nH]c(/N=C2/CC(=O)CC(C)(C)C2)n1. The van der Waals surface area contributed by atoms with Crippen LogP contribution in [0.5, 0.6) is 0 Å². The second-order valence-electron chi connectivity index (χ2n) is 5.06. The Morgan fingerprint density at radius 3 is 2.76 bits per heavy atom. The van der Waals surface area contributed by atoms with E-state index in [2.05, 4.69) is 34.0 Å². The molecule has 0 aliphatic heterocycles. The van der Waals surface area contributed by atoms with Crippen molar-refractivity contribution in [3.63, 3.8) is 0 Å². The van der Waals surface area contributed by atoms with Gasteiger partial charge < -0.3 is 0 Å². The van der Waals surface area contributed by atoms with E-state index in [9.17, 15) is 4.79 Å². The number of hydrogen-bond acceptors (Lipinski definition) is 5. The number of carbonyl (C=O) groups is 1. The molecule has 6 heteroatoms. The zero-order chi connectivity index (χ0) is 12.5. The maximum atomic E-state index is 11.6. The predicted molar refractivity (Wildman–Crippen MR) is 67.9 cm³/mol. The Balaban J connectivity index is 2.18. The predicted octanol–water partition coefficient (Wildman–Crippen LogP) is 2.38. The number of aromatic nitrogens is 3. The van der Waals surface area contributed by atoms with Gasteiger partial charge in [0.1, 0.15) is 5.78 Å². The van der Waals surface area contributed by atoms with Crippen molar-refractivity contribution in [2.75, 3.05) is 6.26 Å². The molecule has 5 nitrogen and oxygen atoms in total. The third kappa shape index (κ3) is 3.15. The third-order valence-corrected chi connectivity index (χ3v) is 3.21. The highest BCUT2D eigenvalue weighted by molar-refractivity contribution is 7.98. The smallest absolute Gasteiger partial charge is 0.246 e. The van der Waals surface area contributed by atoms with Crippen molar-refractivity contribution in [1.29, 1.82) is 0 Å². The van der Waals surface area contributed by atoms with E-state index in [4.69, 9.17) is 0 Å². The van der Waals surface area contributed by atoms with Gasteiger partial charge in [-0.05, 0) is 18.1 Å². The van der Waals surface area contributed by atoms with E-state index in [1.54, 1.807) is 0 Å². The molecule has 1 N–H and O–H groups in total. The molecule has 2 rings (SSSR count). The van der Waals surface area contributed by atoms with Gasteiger partial charge in [-0.25, -0.2) is 10.1 Å². The van der Waals surface area contributed by atoms with Crippen molar-refractivity contribution in [3.8, 4) is 0 Å². The highest BCUT2D eigenvalue weighted by Gasteiger charge is 2.30. The van der Waals surface area contributed by atoms with E-state index in [1.165, 1.54) is 11.8 Å². The number of nitrogens with one attached hydrogen (secondary N) is 1. The van der Waals surface area contributed by atoms with Crippen molar-refractivity contribution >= 4 is 29.2 Å². The molecule has 92 valence electrons. The quantitative estimate of drug-likeness (QED) is 0.820. The van der Waals surface area contributed by atoms with E-state index in [0.29, 0.717) is 23.9 Å². The van der Waals surface area contributed by atoms with Gasteiger partial charge in [-0.2, -0.15) is 4.98 Å². The number of aromatic amines is 1. The molecule has 1 aliphatic rings. The molecule has 0 amide bonds. The van der Waals surface area contributed by atoms with Crippen LogP contribution in [0.15, 0.2) is 10.1 Å². The van der Waals surface area contributed by atoms with Crippen LogP contribution in [0.2, 0.25) is 0 Å². The minimum absolute atomic E-state index is 0.0104. The summed E-state index contributed by atoms with van der Waals surface area (Å²) in [7, 11) is 0. The van der Waals surface area contributed by atoms with Crippen LogP contribution in [0.4, 0.5) is 5.95 Å². The fourth-order valence-corrected chi connectivity index (χ4v) is 2.42. The number of thioether (sulfide) groups is 1. The third-order valence-electron chi connectivity index (χ3n) is 2.66. The van der Waals surface area contributed by atoms with Crippen LogP contribution in [0, 0.1) is 5.41 Å². The zero-order valence-electron chi connectivity index (χ0n) is 10.3. The maximum Gasteiger partial charge on any atom is 0.246 e. The Bertz CT molecular complexity index is 464. The maximum absolute atomic E-state index is 11.6. The monoisotopic (exact) mass is 252 g/mol. The van der Waals surface area contributed by atoms with E-state index in [0.717, 1.165) is 12.1 Å². The lowest BCUT2D eigenvalue weighted by Crippen LogP contribution is -2.28. The van der Waals surface area contributed by atoms with E-state index in [-0.39, 0.29) is 11.2 Å². The lowest BCUT2D eigenvalue weighted by Gasteiger charge is -2.28. The number of nitrogens with zero attached hydrogens (tertiary/aromatic N) is 3. The van der Waals surface area contributed by atoms with Gasteiger partial charge in [-0.1, -0.05) is 25.6 Å². The Labute approximate surface area is 105 Å². The molecule has 0 aromatic carbocycles. The molecule has 1 aromatic rings. The van der Waals surface area contributed by atoms with Crippen LogP contribution in [-0.2, 0) is 4.79 Å². The van der Waals surface area contributed by atoms with Gasteiger partial charge in [0.15, 0.2) is 0 Å². The fraction of sp³-hybridized carbons (Fsp3) is 0.636. The summed E-state index contributed by atoms with van der Waals surface area (Å²) in [6, 6.07) is 0. The molecule has 1 saturated carbocycles. The van der Waals surface area contributed by atoms with Crippen molar-refractivity contribution in [3.05, 3.63) is 0 Å². The van der Waals surface area contributed by atoms with Gasteiger partial charge in [0.2, 0.25) is 11.1 Å². The minimum Gasteiger partial charge on any atom is -0.299 e. The average molecular weight is 252 g/mol. The Hall–Kier alpha value is -1.17. The van der Waals surface area contributed by atoms with E-state index in [1.807, 2.05) is 6.26 Å². The summed E-state index contributed by atoms with van der Waals surface area (Å²) in [5.41, 5.74) is 0.909. The molecular formula is C11H16N4OS. The first-order valence-electron chi connectivity index (χ1n) is 5.53. The van der Waals surface area contributed by atoms with Crippen LogP contribution in [0.1, 0.15) is 33.1 Å². The first-order chi connectivity index (χ1) is 7.98. The van der Waals surface area contributed by atoms with E-state index < -0.39 is 0 Å². The van der Waals surface area contributed by atoms with Crippen LogP contribution in [0.25, 0.3) is 0 Å². The normalized spacial score (nSPS) is 22.1. The molecule has 1 heterocycles. The van der Waals surface area contributed by atoms with Crippen LogP contribution < -0.4 is 0 Å². The second-order valence-corrected chi connectivity index (χ2v) is 5.83. The molecule has 0 atom stereocenters. The number of ketones is 1. The molecule has 17 heavy (non-hydrogen) atoms. The van der Waals surface area contributed by atoms with Crippen LogP contribution in [-0.4, -0.2) is 32.9 Å². The Kier molecular flexibility index (Phi) is 3.33. The number of Topliss-reactive ketones (excluding diaryl/α,β-unsaturated/α-hetero) is 1. The number of carbonyl (C=O) groups excluding carboxylic acids is 1. The highest BCUT2D eigenvalue weighted by Crippen LogP contribution is 2.32. The molecule has 0 spiro atoms. The van der Waals surface area contributed by atoms with Crippen molar-refractivity contribution in [2.24, 2.45) is 10.4 Å². The number of hydrogen-bond donors (Lipinski definition) is 1. The van der Waals surface area contributed by atoms with Gasteiger partial charge >= 0.3 is 0 Å². The molecule has 1 fully saturated rings. The van der Waals surface area contributed by atoms with Gasteiger partial charge in [0.25, 0.3) is 0 Å². The van der Waals surface area contributed by atoms with Gasteiger partial charge in [0, 0.05) is 18.6 Å².